The predicted molar refractivity (Wildman–Crippen MR) is 151 cm³/mol. The lowest BCUT2D eigenvalue weighted by molar-refractivity contribution is 0.0772. The standard InChI is InChI=1S/C30H36ClN5O3/c1-18-7-8-25(13-26(18)31)36(30(38)28-21(4)33-39-22(28)5)12-6-11-34-14-23-16-35(17-24(23)15-34)29(37)27-19(2)9-10-32-20(27)3/h7-10,13,23-24H,6,11-12,14-17H2,1-5H3. The molecule has 2 aliphatic heterocycles. The predicted octanol–water partition coefficient (Wildman–Crippen LogP) is 5.01. The minimum absolute atomic E-state index is 0.101. The van der Waals surface area contributed by atoms with E-state index in [4.69, 9.17) is 16.1 Å². The maximum Gasteiger partial charge on any atom is 0.263 e. The van der Waals surface area contributed by atoms with Crippen LogP contribution in [0.15, 0.2) is 35.0 Å². The topological polar surface area (TPSA) is 82.8 Å². The summed E-state index contributed by atoms with van der Waals surface area (Å²) >= 11 is 6.42. The number of fused-ring (bicyclic) bond motifs is 1. The number of nitrogens with zero attached hydrogens (tertiary/aromatic N) is 5. The number of pyridine rings is 1. The molecule has 9 heteroatoms. The Bertz CT molecular complexity index is 1350. The Morgan fingerprint density at radius 2 is 1.69 bits per heavy atom. The van der Waals surface area contributed by atoms with Gasteiger partial charge in [-0.05, 0) is 88.7 Å². The maximum atomic E-state index is 13.6. The van der Waals surface area contributed by atoms with E-state index >= 15 is 0 Å². The Hall–Kier alpha value is -3.23. The molecule has 2 unspecified atom stereocenters. The molecule has 2 amide bonds. The second kappa shape index (κ2) is 11.1. The van der Waals surface area contributed by atoms with Crippen LogP contribution in [0, 0.1) is 46.5 Å². The van der Waals surface area contributed by atoms with Gasteiger partial charge >= 0.3 is 0 Å². The summed E-state index contributed by atoms with van der Waals surface area (Å²) in [6.45, 7) is 14.3. The van der Waals surface area contributed by atoms with Crippen LogP contribution in [0.4, 0.5) is 5.69 Å². The van der Waals surface area contributed by atoms with Crippen molar-refractivity contribution in [3.05, 3.63) is 74.9 Å². The van der Waals surface area contributed by atoms with Crippen molar-refractivity contribution in [2.45, 2.75) is 41.0 Å². The quantitative estimate of drug-likeness (QED) is 0.412. The van der Waals surface area contributed by atoms with E-state index in [-0.39, 0.29) is 11.8 Å². The van der Waals surface area contributed by atoms with Gasteiger partial charge in [-0.15, -0.1) is 0 Å². The molecular formula is C30H36ClN5O3. The number of anilines is 1. The van der Waals surface area contributed by atoms with Crippen molar-refractivity contribution in [2.24, 2.45) is 11.8 Å². The van der Waals surface area contributed by atoms with Crippen LogP contribution in [0.1, 0.15) is 55.4 Å². The number of hydrogen-bond acceptors (Lipinski definition) is 6. The van der Waals surface area contributed by atoms with Crippen molar-refractivity contribution in [1.82, 2.24) is 19.9 Å². The normalized spacial score (nSPS) is 19.0. The average molecular weight is 550 g/mol. The molecule has 2 saturated heterocycles. The molecule has 0 radical (unpaired) electrons. The summed E-state index contributed by atoms with van der Waals surface area (Å²) in [6.07, 6.45) is 2.57. The molecule has 2 aliphatic rings. The van der Waals surface area contributed by atoms with Gasteiger partial charge in [0.05, 0.1) is 17.0 Å². The van der Waals surface area contributed by atoms with E-state index in [1.54, 1.807) is 24.9 Å². The van der Waals surface area contributed by atoms with Gasteiger partial charge in [-0.3, -0.25) is 14.6 Å². The van der Waals surface area contributed by atoms with Crippen molar-refractivity contribution >= 4 is 29.1 Å². The highest BCUT2D eigenvalue weighted by Crippen LogP contribution is 2.33. The van der Waals surface area contributed by atoms with E-state index in [1.807, 2.05) is 49.9 Å². The third-order valence-corrected chi connectivity index (χ3v) is 8.63. The first-order valence-electron chi connectivity index (χ1n) is 13.6. The van der Waals surface area contributed by atoms with Gasteiger partial charge in [0.2, 0.25) is 0 Å². The van der Waals surface area contributed by atoms with E-state index in [0.29, 0.717) is 40.4 Å². The number of benzene rings is 1. The minimum Gasteiger partial charge on any atom is -0.361 e. The van der Waals surface area contributed by atoms with Crippen LogP contribution in [-0.2, 0) is 0 Å². The van der Waals surface area contributed by atoms with E-state index in [0.717, 1.165) is 67.2 Å². The zero-order valence-corrected chi connectivity index (χ0v) is 24.1. The maximum absolute atomic E-state index is 13.6. The van der Waals surface area contributed by atoms with Crippen LogP contribution < -0.4 is 4.90 Å². The number of likely N-dealkylation sites (tertiary alicyclic amines) is 2. The first-order valence-corrected chi connectivity index (χ1v) is 14.0. The van der Waals surface area contributed by atoms with Gasteiger partial charge < -0.3 is 19.2 Å². The highest BCUT2D eigenvalue weighted by atomic mass is 35.5. The number of halogens is 1. The van der Waals surface area contributed by atoms with Crippen molar-refractivity contribution in [3.63, 3.8) is 0 Å². The van der Waals surface area contributed by atoms with Gasteiger partial charge in [0.25, 0.3) is 11.8 Å². The number of hydrogen-bond donors (Lipinski definition) is 0. The molecule has 0 spiro atoms. The number of carbonyl (C=O) groups is 2. The lowest BCUT2D eigenvalue weighted by Gasteiger charge is -2.26. The summed E-state index contributed by atoms with van der Waals surface area (Å²) in [6, 6.07) is 7.64. The molecule has 2 aromatic heterocycles. The summed E-state index contributed by atoms with van der Waals surface area (Å²) in [7, 11) is 0. The second-order valence-corrected chi connectivity index (χ2v) is 11.4. The van der Waals surface area contributed by atoms with Crippen LogP contribution in [0.25, 0.3) is 0 Å². The Morgan fingerprint density at radius 1 is 0.974 bits per heavy atom. The second-order valence-electron chi connectivity index (χ2n) is 11.0. The van der Waals surface area contributed by atoms with Crippen molar-refractivity contribution in [3.8, 4) is 0 Å². The van der Waals surface area contributed by atoms with E-state index in [9.17, 15) is 9.59 Å². The fraction of sp³-hybridized carbons (Fsp3) is 0.467. The number of carbonyl (C=O) groups excluding carboxylic acids is 2. The van der Waals surface area contributed by atoms with Crippen LogP contribution in [0.2, 0.25) is 5.02 Å². The highest BCUT2D eigenvalue weighted by molar-refractivity contribution is 6.31. The van der Waals surface area contributed by atoms with Gasteiger partial charge in [0.15, 0.2) is 0 Å². The molecule has 5 rings (SSSR count). The minimum atomic E-state index is -0.125. The number of amides is 2. The van der Waals surface area contributed by atoms with Crippen LogP contribution in [0.3, 0.4) is 0 Å². The van der Waals surface area contributed by atoms with Gasteiger partial charge in [-0.2, -0.15) is 0 Å². The number of aromatic nitrogens is 2. The largest absolute Gasteiger partial charge is 0.361 e. The summed E-state index contributed by atoms with van der Waals surface area (Å²) in [5.74, 6) is 1.44. The van der Waals surface area contributed by atoms with Gasteiger partial charge in [0, 0.05) is 49.6 Å². The Balaban J connectivity index is 1.21. The molecule has 0 N–H and O–H groups in total. The van der Waals surface area contributed by atoms with Crippen LogP contribution >= 0.6 is 11.6 Å². The van der Waals surface area contributed by atoms with E-state index in [2.05, 4.69) is 15.0 Å². The Kier molecular flexibility index (Phi) is 7.78. The summed E-state index contributed by atoms with van der Waals surface area (Å²) < 4.78 is 5.28. The first-order chi connectivity index (χ1) is 18.6. The van der Waals surface area contributed by atoms with Crippen LogP contribution in [-0.4, -0.2) is 71.0 Å². The van der Waals surface area contributed by atoms with Crippen LogP contribution in [0.5, 0.6) is 0 Å². The average Bonchev–Trinajstić information content (AvgIpc) is 3.56. The zero-order chi connectivity index (χ0) is 27.8. The third-order valence-electron chi connectivity index (χ3n) is 8.23. The fourth-order valence-electron chi connectivity index (χ4n) is 6.09. The van der Waals surface area contributed by atoms with E-state index < -0.39 is 0 Å². The molecular weight excluding hydrogens is 514 g/mol. The molecule has 206 valence electrons. The molecule has 1 aromatic carbocycles. The van der Waals surface area contributed by atoms with Crippen molar-refractivity contribution < 1.29 is 14.1 Å². The molecule has 8 nitrogen and oxygen atoms in total. The van der Waals surface area contributed by atoms with E-state index in [1.165, 1.54) is 0 Å². The lowest BCUT2D eigenvalue weighted by Crippen LogP contribution is -2.36. The Morgan fingerprint density at radius 3 is 2.31 bits per heavy atom. The lowest BCUT2D eigenvalue weighted by atomic mass is 10.0. The summed E-state index contributed by atoms with van der Waals surface area (Å²) in [5, 5.41) is 4.61. The van der Waals surface area contributed by atoms with Gasteiger partial charge in [-0.25, -0.2) is 0 Å². The zero-order valence-electron chi connectivity index (χ0n) is 23.3. The third kappa shape index (κ3) is 5.45. The first kappa shape index (κ1) is 27.3. The van der Waals surface area contributed by atoms with Crippen molar-refractivity contribution in [2.75, 3.05) is 44.2 Å². The Labute approximate surface area is 234 Å². The van der Waals surface area contributed by atoms with Gasteiger partial charge in [0.1, 0.15) is 11.3 Å². The molecule has 4 heterocycles. The molecule has 0 saturated carbocycles. The molecule has 39 heavy (non-hydrogen) atoms. The molecule has 0 aliphatic carbocycles. The van der Waals surface area contributed by atoms with Crippen molar-refractivity contribution in [1.29, 1.82) is 0 Å². The number of rotatable bonds is 7. The molecule has 2 fully saturated rings. The highest BCUT2D eigenvalue weighted by Gasteiger charge is 2.42. The molecule has 2 atom stereocenters. The molecule has 0 bridgehead atoms. The summed E-state index contributed by atoms with van der Waals surface area (Å²) in [4.78, 5) is 37.5. The monoisotopic (exact) mass is 549 g/mol. The van der Waals surface area contributed by atoms with Gasteiger partial charge in [-0.1, -0.05) is 22.8 Å². The number of aryl methyl sites for hydroxylation is 5. The smallest absolute Gasteiger partial charge is 0.263 e. The molecule has 3 aromatic rings. The SMILES string of the molecule is Cc1ccc(N(CCCN2CC3CN(C(=O)c4c(C)ccnc4C)CC3C2)C(=O)c2c(C)noc2C)cc1Cl. The fourth-order valence-corrected chi connectivity index (χ4v) is 6.26. The summed E-state index contributed by atoms with van der Waals surface area (Å²) in [5.41, 5.74) is 5.35.